The summed E-state index contributed by atoms with van der Waals surface area (Å²) in [6.07, 6.45) is -3.88. The van der Waals surface area contributed by atoms with Crippen molar-refractivity contribution < 1.29 is 22.7 Å². The molecular weight excluding hydrogens is 453 g/mol. The Hall–Kier alpha value is -3.66. The first-order chi connectivity index (χ1) is 15.8. The summed E-state index contributed by atoms with van der Waals surface area (Å²) in [5.41, 5.74) is 0.374. The van der Waals surface area contributed by atoms with Gasteiger partial charge in [-0.3, -0.25) is 10.1 Å². The zero-order valence-corrected chi connectivity index (χ0v) is 18.5. The Kier molecular flexibility index (Phi) is 6.19. The summed E-state index contributed by atoms with van der Waals surface area (Å²) in [6, 6.07) is 13.8. The van der Waals surface area contributed by atoms with E-state index in [1.54, 1.807) is 36.6 Å². The van der Waals surface area contributed by atoms with Crippen LogP contribution in [0.2, 0.25) is 0 Å². The number of para-hydroxylation sites is 2. The molecule has 0 aliphatic heterocycles. The van der Waals surface area contributed by atoms with Crippen LogP contribution in [0.1, 0.15) is 28.5 Å². The van der Waals surface area contributed by atoms with Gasteiger partial charge in [0.05, 0.1) is 29.7 Å². The van der Waals surface area contributed by atoms with Crippen LogP contribution in [0.4, 0.5) is 18.3 Å². The van der Waals surface area contributed by atoms with Crippen LogP contribution in [-0.4, -0.2) is 27.3 Å². The lowest BCUT2D eigenvalue weighted by Gasteiger charge is -2.14. The fourth-order valence-corrected chi connectivity index (χ4v) is 4.06. The van der Waals surface area contributed by atoms with E-state index in [1.807, 2.05) is 25.1 Å². The maximum absolute atomic E-state index is 13.9. The quantitative estimate of drug-likeness (QED) is 0.375. The van der Waals surface area contributed by atoms with Crippen LogP contribution in [-0.2, 0) is 6.18 Å². The van der Waals surface area contributed by atoms with Gasteiger partial charge in [0.2, 0.25) is 0 Å². The van der Waals surface area contributed by atoms with E-state index < -0.39 is 23.3 Å². The number of halogens is 3. The lowest BCUT2D eigenvalue weighted by molar-refractivity contribution is -0.143. The molecule has 0 saturated carbocycles. The molecule has 1 amide bonds. The number of thiazole rings is 1. The molecule has 170 valence electrons. The maximum atomic E-state index is 13.9. The summed E-state index contributed by atoms with van der Waals surface area (Å²) in [5.74, 6) is -0.316. The van der Waals surface area contributed by atoms with Gasteiger partial charge in [0.1, 0.15) is 5.75 Å². The third-order valence-electron chi connectivity index (χ3n) is 4.81. The van der Waals surface area contributed by atoms with Gasteiger partial charge >= 0.3 is 6.18 Å². The van der Waals surface area contributed by atoms with E-state index in [0.717, 1.165) is 27.8 Å². The predicted octanol–water partition coefficient (Wildman–Crippen LogP) is 5.97. The molecule has 0 aliphatic rings. The molecule has 2 aromatic heterocycles. The lowest BCUT2D eigenvalue weighted by Crippen LogP contribution is -2.21. The fraction of sp³-hybridized carbons (Fsp3) is 0.174. The van der Waals surface area contributed by atoms with Gasteiger partial charge in [0.15, 0.2) is 10.8 Å². The highest BCUT2D eigenvalue weighted by Crippen LogP contribution is 2.36. The van der Waals surface area contributed by atoms with E-state index in [2.05, 4.69) is 15.4 Å². The van der Waals surface area contributed by atoms with E-state index in [9.17, 15) is 18.0 Å². The van der Waals surface area contributed by atoms with Crippen molar-refractivity contribution in [2.45, 2.75) is 20.0 Å². The number of carbonyl (C=O) groups is 1. The van der Waals surface area contributed by atoms with Crippen molar-refractivity contribution >= 4 is 22.4 Å². The normalized spacial score (nSPS) is 11.4. The van der Waals surface area contributed by atoms with Crippen molar-refractivity contribution in [3.05, 3.63) is 76.9 Å². The second-order valence-corrected chi connectivity index (χ2v) is 7.88. The van der Waals surface area contributed by atoms with Crippen molar-refractivity contribution in [1.82, 2.24) is 14.8 Å². The van der Waals surface area contributed by atoms with Gasteiger partial charge in [0.25, 0.3) is 5.91 Å². The molecule has 1 N–H and O–H groups in total. The molecule has 2 aromatic carbocycles. The first kappa shape index (κ1) is 22.5. The molecule has 0 radical (unpaired) electrons. The van der Waals surface area contributed by atoms with Gasteiger partial charge in [-0.2, -0.15) is 18.3 Å². The van der Waals surface area contributed by atoms with Crippen molar-refractivity contribution in [3.63, 3.8) is 0 Å². The van der Waals surface area contributed by atoms with Crippen LogP contribution in [0.15, 0.2) is 60.1 Å². The Bertz CT molecular complexity index is 1300. The number of amides is 1. The third-order valence-corrected chi connectivity index (χ3v) is 5.57. The number of aromatic nitrogens is 3. The minimum atomic E-state index is -4.80. The number of anilines is 1. The Morgan fingerprint density at radius 3 is 2.61 bits per heavy atom. The number of alkyl halides is 3. The largest absolute Gasteiger partial charge is 0.493 e. The summed E-state index contributed by atoms with van der Waals surface area (Å²) >= 11 is 1.11. The summed E-state index contributed by atoms with van der Waals surface area (Å²) < 4.78 is 48.1. The van der Waals surface area contributed by atoms with Gasteiger partial charge in [-0.15, -0.1) is 11.3 Å². The molecule has 2 heterocycles. The number of carbonyl (C=O) groups excluding carboxylic acids is 1. The van der Waals surface area contributed by atoms with Crippen molar-refractivity contribution in [3.8, 4) is 22.7 Å². The molecule has 0 spiro atoms. The van der Waals surface area contributed by atoms with E-state index in [-0.39, 0.29) is 10.8 Å². The fourth-order valence-electron chi connectivity index (χ4n) is 3.35. The molecule has 0 bridgehead atoms. The number of ether oxygens (including phenoxy) is 1. The smallest absolute Gasteiger partial charge is 0.434 e. The predicted molar refractivity (Wildman–Crippen MR) is 120 cm³/mol. The molecular formula is C23H19F3N4O2S. The van der Waals surface area contributed by atoms with Gasteiger partial charge in [-0.05, 0) is 37.6 Å². The molecule has 33 heavy (non-hydrogen) atoms. The zero-order valence-electron chi connectivity index (χ0n) is 17.7. The highest BCUT2D eigenvalue weighted by atomic mass is 32.1. The molecule has 4 rings (SSSR count). The first-order valence-corrected chi connectivity index (χ1v) is 10.9. The van der Waals surface area contributed by atoms with Crippen molar-refractivity contribution in [2.75, 3.05) is 11.9 Å². The van der Waals surface area contributed by atoms with E-state index in [4.69, 9.17) is 4.74 Å². The molecule has 4 aromatic rings. The number of hydrogen-bond donors (Lipinski definition) is 1. The van der Waals surface area contributed by atoms with Crippen molar-refractivity contribution in [1.29, 1.82) is 0 Å². The van der Waals surface area contributed by atoms with Crippen LogP contribution in [0.25, 0.3) is 16.9 Å². The monoisotopic (exact) mass is 472 g/mol. The Labute approximate surface area is 191 Å². The van der Waals surface area contributed by atoms with Crippen LogP contribution in [0.3, 0.4) is 0 Å². The van der Waals surface area contributed by atoms with Crippen LogP contribution >= 0.6 is 11.3 Å². The number of hydrogen-bond acceptors (Lipinski definition) is 5. The van der Waals surface area contributed by atoms with E-state index in [1.165, 1.54) is 6.07 Å². The number of benzene rings is 2. The first-order valence-electron chi connectivity index (χ1n) is 10.00. The molecule has 0 fully saturated rings. The standard InChI is InChI=1S/C23H19F3N4O2S/c1-3-32-19-11-7-5-9-15(19)17-13-33-22(28-17)29-21(31)16-12-27-30(20(16)23(24,25)26)18-10-6-4-8-14(18)2/h4-13H,3H2,1-2H3,(H,28,29,31). The maximum Gasteiger partial charge on any atom is 0.434 e. The molecule has 6 nitrogen and oxygen atoms in total. The number of rotatable bonds is 6. The SMILES string of the molecule is CCOc1ccccc1-c1csc(NC(=O)c2cnn(-c3ccccc3C)c2C(F)(F)F)n1. The second kappa shape index (κ2) is 9.07. The summed E-state index contributed by atoms with van der Waals surface area (Å²) in [7, 11) is 0. The zero-order chi connectivity index (χ0) is 23.6. The lowest BCUT2D eigenvalue weighted by atomic mass is 10.1. The Balaban J connectivity index is 1.65. The highest BCUT2D eigenvalue weighted by molar-refractivity contribution is 7.14. The number of nitrogens with one attached hydrogen (secondary N) is 1. The summed E-state index contributed by atoms with van der Waals surface area (Å²) in [5, 5.41) is 8.20. The van der Waals surface area contributed by atoms with Gasteiger partial charge in [-0.25, -0.2) is 9.67 Å². The van der Waals surface area contributed by atoms with E-state index >= 15 is 0 Å². The molecule has 10 heteroatoms. The number of aryl methyl sites for hydroxylation is 1. The molecule has 0 atom stereocenters. The van der Waals surface area contributed by atoms with E-state index in [0.29, 0.717) is 23.6 Å². The topological polar surface area (TPSA) is 69.0 Å². The average Bonchev–Trinajstić information content (AvgIpc) is 3.42. The third kappa shape index (κ3) is 4.61. The minimum absolute atomic E-state index is 0.165. The van der Waals surface area contributed by atoms with Crippen molar-refractivity contribution in [2.24, 2.45) is 0 Å². The average molecular weight is 472 g/mol. The minimum Gasteiger partial charge on any atom is -0.493 e. The Morgan fingerprint density at radius 1 is 1.15 bits per heavy atom. The molecule has 0 saturated heterocycles. The van der Waals surface area contributed by atoms with Crippen LogP contribution < -0.4 is 10.1 Å². The molecule has 0 aliphatic carbocycles. The second-order valence-electron chi connectivity index (χ2n) is 7.02. The van der Waals surface area contributed by atoms with Gasteiger partial charge in [-0.1, -0.05) is 30.3 Å². The molecule has 0 unspecified atom stereocenters. The highest BCUT2D eigenvalue weighted by Gasteiger charge is 2.41. The van der Waals surface area contributed by atoms with Crippen LogP contribution in [0.5, 0.6) is 5.75 Å². The summed E-state index contributed by atoms with van der Waals surface area (Å²) in [4.78, 5) is 17.2. The summed E-state index contributed by atoms with van der Waals surface area (Å²) in [6.45, 7) is 4.00. The van der Waals surface area contributed by atoms with Crippen LogP contribution in [0, 0.1) is 6.92 Å². The van der Waals surface area contributed by atoms with Gasteiger partial charge in [0, 0.05) is 10.9 Å². The number of nitrogens with zero attached hydrogens (tertiary/aromatic N) is 3. The Morgan fingerprint density at radius 2 is 1.88 bits per heavy atom. The van der Waals surface area contributed by atoms with Gasteiger partial charge < -0.3 is 4.74 Å².